The Hall–Kier alpha value is -6.35. The summed E-state index contributed by atoms with van der Waals surface area (Å²) in [6, 6.07) is 2.59. The van der Waals surface area contributed by atoms with Gasteiger partial charge in [0.1, 0.15) is 48.4 Å². The highest BCUT2D eigenvalue weighted by molar-refractivity contribution is 5.99. The lowest BCUT2D eigenvalue weighted by Gasteiger charge is -2.33. The molecule has 3 heterocycles. The number of aromatic hydroxyl groups is 1. The molecular formula is C54H79N9O11. The lowest BCUT2D eigenvalue weighted by Crippen LogP contribution is -2.99. The average Bonchev–Trinajstić information content (AvgIpc) is 4.14. The van der Waals surface area contributed by atoms with Gasteiger partial charge in [-0.15, -0.1) is 0 Å². The fourth-order valence-electron chi connectivity index (χ4n) is 9.54. The maximum atomic E-state index is 15.3. The van der Waals surface area contributed by atoms with Gasteiger partial charge in [0.2, 0.25) is 47.0 Å². The van der Waals surface area contributed by atoms with E-state index in [9.17, 15) is 44.3 Å². The number of nitrogens with one attached hydrogen (secondary N) is 6. The number of ether oxygens (including phenoxy) is 1. The lowest BCUT2D eigenvalue weighted by molar-refractivity contribution is -0.991. The predicted molar refractivity (Wildman–Crippen MR) is 279 cm³/mol. The Kier molecular flexibility index (Phi) is 20.0. The van der Waals surface area contributed by atoms with E-state index in [1.807, 2.05) is 72.0 Å². The monoisotopic (exact) mass is 1030 g/mol. The number of benzene rings is 2. The number of carbonyl (C=O) groups excluding carboxylic acids is 7. The minimum absolute atomic E-state index is 0.0168. The smallest absolute Gasteiger partial charge is 0.245 e. The number of phenols is 1. The molecule has 2 fully saturated rings. The minimum Gasteiger partial charge on any atom is -0.595 e. The Bertz CT molecular complexity index is 2530. The molecule has 0 radical (unpaired) electrons. The standard InChI is InChI=1S/C54H79N9O11/c1-13-14-18-37-47(65)59-40(27-35-28-62(54(9,10)46-29-74-46)41-19-16-15-17-36(35)41)53(71)61(12)44(24-32(6)7)51(69)58-39(25-34-20-21-45(64)42(26-34)63(72)73)48(66)55-33(8)52(70)60(11)43(23-31(4)5)50(68)57-38(22-30(2)3)49(67)56-37/h13-17,19-21,26,28,30-33,37-40,43-44,46,63-64,72H,18,22-25,27,29H2,1-12H3,(H,55,66)(H,56,67)(H,57,68)(H,58,69)(H,59,65). The van der Waals surface area contributed by atoms with Crippen molar-refractivity contribution in [3.8, 4) is 5.75 Å². The zero-order valence-electron chi connectivity index (χ0n) is 45.0. The van der Waals surface area contributed by atoms with Gasteiger partial charge < -0.3 is 56.0 Å². The molecule has 0 aliphatic carbocycles. The average molecular weight is 1030 g/mol. The molecule has 2 aliphatic rings. The third-order valence-corrected chi connectivity index (χ3v) is 13.9. The number of epoxide rings is 1. The van der Waals surface area contributed by atoms with Crippen molar-refractivity contribution in [2.24, 2.45) is 17.8 Å². The Morgan fingerprint density at radius 2 is 1.26 bits per heavy atom. The van der Waals surface area contributed by atoms with E-state index in [0.29, 0.717) is 12.2 Å². The zero-order chi connectivity index (χ0) is 54.9. The summed E-state index contributed by atoms with van der Waals surface area (Å²) in [6.45, 7) is 19.1. The molecule has 20 nitrogen and oxygen atoms in total. The number of nitrogens with zero attached hydrogens (tertiary/aromatic N) is 3. The Morgan fingerprint density at radius 1 is 0.730 bits per heavy atom. The van der Waals surface area contributed by atoms with Crippen LogP contribution in [0.3, 0.4) is 0 Å². The molecule has 406 valence electrons. The van der Waals surface area contributed by atoms with Gasteiger partial charge in [-0.2, -0.15) is 5.23 Å². The molecule has 9 unspecified atom stereocenters. The number of para-hydroxylation sites is 1. The van der Waals surface area contributed by atoms with Crippen molar-refractivity contribution < 1.29 is 53.8 Å². The molecule has 0 spiro atoms. The number of hydrogen-bond donors (Lipinski definition) is 8. The molecule has 2 aromatic carbocycles. The first-order valence-corrected chi connectivity index (χ1v) is 25.7. The van der Waals surface area contributed by atoms with E-state index in [-0.39, 0.29) is 67.9 Å². The van der Waals surface area contributed by atoms with Crippen LogP contribution in [0.1, 0.15) is 106 Å². The third-order valence-electron chi connectivity index (χ3n) is 13.9. The maximum Gasteiger partial charge on any atom is 0.245 e. The first kappa shape index (κ1) is 58.5. The molecule has 1 aromatic heterocycles. The molecule has 9 atom stereocenters. The van der Waals surface area contributed by atoms with Gasteiger partial charge >= 0.3 is 0 Å². The van der Waals surface area contributed by atoms with E-state index in [2.05, 4.69) is 45.0 Å². The summed E-state index contributed by atoms with van der Waals surface area (Å²) in [4.78, 5) is 105. The highest BCUT2D eigenvalue weighted by Crippen LogP contribution is 2.36. The summed E-state index contributed by atoms with van der Waals surface area (Å²) in [5, 5.41) is 45.8. The molecular weight excluding hydrogens is 951 g/mol. The first-order chi connectivity index (χ1) is 34.7. The van der Waals surface area contributed by atoms with Crippen LogP contribution in [-0.2, 0) is 56.7 Å². The Balaban J connectivity index is 1.68. The van der Waals surface area contributed by atoms with Crippen LogP contribution in [-0.4, -0.2) is 135 Å². The second kappa shape index (κ2) is 25.3. The van der Waals surface area contributed by atoms with Gasteiger partial charge in [0.25, 0.3) is 0 Å². The van der Waals surface area contributed by atoms with Gasteiger partial charge in [0.05, 0.1) is 12.1 Å². The molecule has 0 saturated carbocycles. The van der Waals surface area contributed by atoms with E-state index in [1.54, 1.807) is 19.1 Å². The van der Waals surface area contributed by atoms with Crippen LogP contribution in [0.2, 0.25) is 0 Å². The van der Waals surface area contributed by atoms with Crippen LogP contribution in [0.5, 0.6) is 5.75 Å². The molecule has 20 heteroatoms. The predicted octanol–water partition coefficient (Wildman–Crippen LogP) is 2.89. The SMILES string of the molecule is CC=CCC1NC(=O)C(CC(C)C)NC(=O)C(CC(C)C)N(C)C(=O)C(C)NC(=O)C(Cc2ccc(O)c([NH+]([O-])O)c2)NC(=O)C(CC(C)C)N(C)C(=O)C(Cc2cn(C(C)(C)C3CO3)c3ccccc23)NC1=O. The number of aromatic nitrogens is 1. The molecule has 8 N–H and O–H groups in total. The quantitative estimate of drug-likeness (QED) is 0.0475. The van der Waals surface area contributed by atoms with Gasteiger partial charge in [-0.25, -0.2) is 5.21 Å². The fraction of sp³-hybridized carbons (Fsp3) is 0.574. The molecule has 74 heavy (non-hydrogen) atoms. The Labute approximate surface area is 434 Å². The molecule has 0 bridgehead atoms. The molecule has 2 saturated heterocycles. The maximum absolute atomic E-state index is 15.3. The van der Waals surface area contributed by atoms with E-state index in [0.717, 1.165) is 17.0 Å². The summed E-state index contributed by atoms with van der Waals surface area (Å²) in [5.41, 5.74) is 0.889. The number of allylic oxidation sites excluding steroid dienone is 1. The van der Waals surface area contributed by atoms with Gasteiger partial charge in [0, 0.05) is 50.1 Å². The van der Waals surface area contributed by atoms with E-state index in [1.165, 1.54) is 43.0 Å². The van der Waals surface area contributed by atoms with Crippen molar-refractivity contribution in [1.29, 1.82) is 0 Å². The number of carbonyl (C=O) groups is 7. The summed E-state index contributed by atoms with van der Waals surface area (Å²) in [5.74, 6) is -5.86. The summed E-state index contributed by atoms with van der Waals surface area (Å²) < 4.78 is 7.86. The number of likely N-dealkylation sites (N-methyl/N-ethyl adjacent to an activating group) is 2. The van der Waals surface area contributed by atoms with Crippen LogP contribution in [0.4, 0.5) is 5.69 Å². The van der Waals surface area contributed by atoms with Gasteiger partial charge in [-0.3, -0.25) is 33.6 Å². The largest absolute Gasteiger partial charge is 0.595 e. The van der Waals surface area contributed by atoms with Crippen LogP contribution in [0.25, 0.3) is 10.9 Å². The topological polar surface area (TPSA) is 272 Å². The second-order valence-corrected chi connectivity index (χ2v) is 21.7. The molecule has 5 rings (SSSR count). The minimum atomic E-state index is -1.47. The van der Waals surface area contributed by atoms with Gasteiger partial charge in [-0.05, 0) is 94.4 Å². The van der Waals surface area contributed by atoms with Crippen molar-refractivity contribution in [3.05, 3.63) is 77.1 Å². The molecule has 7 amide bonds. The van der Waals surface area contributed by atoms with E-state index >= 15 is 4.79 Å². The summed E-state index contributed by atoms with van der Waals surface area (Å²) >= 11 is 0. The van der Waals surface area contributed by atoms with Gasteiger partial charge in [0.15, 0.2) is 5.75 Å². The highest BCUT2D eigenvalue weighted by atomic mass is 16.8. The van der Waals surface area contributed by atoms with Crippen LogP contribution < -0.4 is 31.8 Å². The molecule has 2 aliphatic heterocycles. The van der Waals surface area contributed by atoms with Gasteiger partial charge in [-0.1, -0.05) is 78.0 Å². The zero-order valence-corrected chi connectivity index (χ0v) is 45.0. The van der Waals surface area contributed by atoms with Crippen LogP contribution in [0, 0.1) is 23.0 Å². The first-order valence-electron chi connectivity index (χ1n) is 25.7. The number of hydrogen-bond acceptors (Lipinski definition) is 11. The highest BCUT2D eigenvalue weighted by Gasteiger charge is 2.43. The normalized spacial score (nSPS) is 25.0. The fourth-order valence-corrected chi connectivity index (χ4v) is 9.54. The van der Waals surface area contributed by atoms with Crippen LogP contribution >= 0.6 is 0 Å². The number of quaternary nitrogens is 1. The second-order valence-electron chi connectivity index (χ2n) is 21.7. The summed E-state index contributed by atoms with van der Waals surface area (Å²) in [6.07, 6.45) is 5.40. The number of phenolic OH excluding ortho intramolecular Hbond substituents is 1. The van der Waals surface area contributed by atoms with Crippen molar-refractivity contribution in [2.45, 2.75) is 162 Å². The van der Waals surface area contributed by atoms with E-state index in [4.69, 9.17) is 4.74 Å². The number of rotatable bonds is 15. The molecule has 3 aromatic rings. The summed E-state index contributed by atoms with van der Waals surface area (Å²) in [7, 11) is 2.86. The van der Waals surface area contributed by atoms with Crippen molar-refractivity contribution in [2.75, 3.05) is 20.7 Å². The van der Waals surface area contributed by atoms with E-state index < -0.39 is 106 Å². The Morgan fingerprint density at radius 3 is 1.82 bits per heavy atom. The third kappa shape index (κ3) is 14.7. The number of amides is 7. The van der Waals surface area contributed by atoms with Crippen molar-refractivity contribution in [3.63, 3.8) is 0 Å². The van der Waals surface area contributed by atoms with Crippen LogP contribution in [0.15, 0.2) is 60.8 Å². The van der Waals surface area contributed by atoms with Crippen molar-refractivity contribution in [1.82, 2.24) is 41.0 Å². The number of fused-ring (bicyclic) bond motifs is 1. The van der Waals surface area contributed by atoms with Crippen molar-refractivity contribution >= 4 is 57.9 Å². The lowest BCUT2D eigenvalue weighted by atomic mass is 9.98.